The van der Waals surface area contributed by atoms with E-state index in [4.69, 9.17) is 0 Å². The Labute approximate surface area is 99.7 Å². The first kappa shape index (κ1) is 11.6. The molecule has 2 rings (SSSR count). The molecule has 1 fully saturated rings. The molecule has 1 aliphatic rings. The lowest BCUT2D eigenvalue weighted by Gasteiger charge is -2.26. The maximum absolute atomic E-state index is 11.8. The summed E-state index contributed by atoms with van der Waals surface area (Å²) in [5.41, 5.74) is 0. The van der Waals surface area contributed by atoms with Crippen molar-refractivity contribution in [1.82, 2.24) is 4.90 Å². The van der Waals surface area contributed by atoms with Gasteiger partial charge in [-0.3, -0.25) is 4.79 Å². The van der Waals surface area contributed by atoms with Crippen molar-refractivity contribution in [2.75, 3.05) is 6.54 Å². The quantitative estimate of drug-likeness (QED) is 0.875. The number of thiophene rings is 1. The van der Waals surface area contributed by atoms with Crippen molar-refractivity contribution in [3.05, 3.63) is 22.4 Å². The number of carbonyl (C=O) groups excluding carboxylic acids is 1. The molecule has 0 saturated carbocycles. The average molecular weight is 239 g/mol. The number of likely N-dealkylation sites (tertiary alicyclic amines) is 1. The third-order valence-corrected chi connectivity index (χ3v) is 3.92. The second-order valence-corrected chi connectivity index (χ2v) is 5.20. The topological polar surface area (TPSA) is 40.5 Å². The van der Waals surface area contributed by atoms with Gasteiger partial charge in [0.2, 0.25) is 5.91 Å². The fourth-order valence-electron chi connectivity index (χ4n) is 2.22. The summed E-state index contributed by atoms with van der Waals surface area (Å²) in [4.78, 5) is 14.8. The summed E-state index contributed by atoms with van der Waals surface area (Å²) in [6.45, 7) is 2.61. The second-order valence-electron chi connectivity index (χ2n) is 4.22. The lowest BCUT2D eigenvalue weighted by molar-refractivity contribution is -0.129. The normalized spacial score (nSPS) is 22.8. The molecular weight excluding hydrogens is 222 g/mol. The fourth-order valence-corrected chi connectivity index (χ4v) is 3.09. The molecule has 0 radical (unpaired) electrons. The van der Waals surface area contributed by atoms with Gasteiger partial charge in [0.05, 0.1) is 18.6 Å². The largest absolute Gasteiger partial charge is 0.391 e. The summed E-state index contributed by atoms with van der Waals surface area (Å²) in [6.07, 6.45) is 1.82. The maximum atomic E-state index is 11.8. The molecule has 3 nitrogen and oxygen atoms in total. The molecule has 1 saturated heterocycles. The minimum absolute atomic E-state index is 0.0827. The van der Waals surface area contributed by atoms with Gasteiger partial charge in [0.1, 0.15) is 0 Å². The minimum atomic E-state index is -0.480. The van der Waals surface area contributed by atoms with E-state index in [1.165, 1.54) is 4.88 Å². The van der Waals surface area contributed by atoms with Gasteiger partial charge in [-0.1, -0.05) is 19.4 Å². The van der Waals surface area contributed by atoms with Gasteiger partial charge in [0.25, 0.3) is 0 Å². The highest BCUT2D eigenvalue weighted by Gasteiger charge is 2.33. The third kappa shape index (κ3) is 2.28. The first-order valence-corrected chi connectivity index (χ1v) is 6.61. The van der Waals surface area contributed by atoms with Crippen LogP contribution in [0.4, 0.5) is 0 Å². The van der Waals surface area contributed by atoms with E-state index in [0.29, 0.717) is 6.54 Å². The van der Waals surface area contributed by atoms with Gasteiger partial charge in [0, 0.05) is 11.4 Å². The molecule has 2 heterocycles. The molecule has 1 aromatic rings. The Morgan fingerprint density at radius 3 is 3.00 bits per heavy atom. The number of hydrogen-bond acceptors (Lipinski definition) is 3. The van der Waals surface area contributed by atoms with Gasteiger partial charge in [-0.2, -0.15) is 0 Å². The molecule has 0 bridgehead atoms. The monoisotopic (exact) mass is 239 g/mol. The Hall–Kier alpha value is -0.870. The summed E-state index contributed by atoms with van der Waals surface area (Å²) >= 11 is 1.69. The highest BCUT2D eigenvalue weighted by molar-refractivity contribution is 7.10. The Balaban J connectivity index is 2.16. The van der Waals surface area contributed by atoms with Crippen LogP contribution in [0.15, 0.2) is 17.5 Å². The zero-order valence-electron chi connectivity index (χ0n) is 9.43. The van der Waals surface area contributed by atoms with Crippen LogP contribution in [0.2, 0.25) is 0 Å². The standard InChI is InChI=1S/C12H17NO2S/c1-2-4-10(11-5-3-6-16-11)13-8-9(14)7-12(13)15/h3,5-6,9-10,14H,2,4,7-8H2,1H3. The second kappa shape index (κ2) is 4.97. The summed E-state index contributed by atoms with van der Waals surface area (Å²) in [5.74, 6) is 0.0827. The van der Waals surface area contributed by atoms with Crippen LogP contribution in [0.5, 0.6) is 0 Å². The van der Waals surface area contributed by atoms with Crippen LogP contribution in [-0.2, 0) is 4.79 Å². The van der Waals surface area contributed by atoms with Gasteiger partial charge in [0.15, 0.2) is 0 Å². The van der Waals surface area contributed by atoms with Crippen molar-refractivity contribution in [3.8, 4) is 0 Å². The molecule has 1 aromatic heterocycles. The van der Waals surface area contributed by atoms with Crippen LogP contribution in [0.25, 0.3) is 0 Å². The predicted molar refractivity (Wildman–Crippen MR) is 64.3 cm³/mol. The van der Waals surface area contributed by atoms with E-state index in [1.807, 2.05) is 16.3 Å². The number of hydrogen-bond donors (Lipinski definition) is 1. The number of aliphatic hydroxyl groups excluding tert-OH is 1. The molecule has 4 heteroatoms. The van der Waals surface area contributed by atoms with Gasteiger partial charge < -0.3 is 10.0 Å². The van der Waals surface area contributed by atoms with Gasteiger partial charge in [-0.05, 0) is 17.9 Å². The van der Waals surface area contributed by atoms with Crippen LogP contribution >= 0.6 is 11.3 Å². The van der Waals surface area contributed by atoms with Gasteiger partial charge >= 0.3 is 0 Å². The lowest BCUT2D eigenvalue weighted by Crippen LogP contribution is -2.30. The molecule has 0 aliphatic carbocycles. The highest BCUT2D eigenvalue weighted by Crippen LogP contribution is 2.32. The molecule has 2 atom stereocenters. The fraction of sp³-hybridized carbons (Fsp3) is 0.583. The van der Waals surface area contributed by atoms with E-state index in [2.05, 4.69) is 13.0 Å². The molecule has 1 aliphatic heterocycles. The summed E-state index contributed by atoms with van der Waals surface area (Å²) in [5, 5.41) is 11.6. The van der Waals surface area contributed by atoms with E-state index in [9.17, 15) is 9.90 Å². The molecular formula is C12H17NO2S. The van der Waals surface area contributed by atoms with Crippen molar-refractivity contribution in [1.29, 1.82) is 0 Å². The van der Waals surface area contributed by atoms with Gasteiger partial charge in [-0.15, -0.1) is 11.3 Å². The number of rotatable bonds is 4. The molecule has 0 spiro atoms. The first-order valence-electron chi connectivity index (χ1n) is 5.73. The van der Waals surface area contributed by atoms with Crippen molar-refractivity contribution in [3.63, 3.8) is 0 Å². The average Bonchev–Trinajstić information content (AvgIpc) is 2.85. The van der Waals surface area contributed by atoms with Crippen molar-refractivity contribution in [2.24, 2.45) is 0 Å². The van der Waals surface area contributed by atoms with Crippen molar-refractivity contribution >= 4 is 17.2 Å². The van der Waals surface area contributed by atoms with E-state index in [1.54, 1.807) is 11.3 Å². The summed E-state index contributed by atoms with van der Waals surface area (Å²) < 4.78 is 0. The lowest BCUT2D eigenvalue weighted by atomic mass is 10.1. The van der Waals surface area contributed by atoms with Crippen molar-refractivity contribution < 1.29 is 9.90 Å². The van der Waals surface area contributed by atoms with E-state index >= 15 is 0 Å². The Morgan fingerprint density at radius 1 is 1.69 bits per heavy atom. The smallest absolute Gasteiger partial charge is 0.225 e. The van der Waals surface area contributed by atoms with E-state index in [-0.39, 0.29) is 18.4 Å². The number of amides is 1. The van der Waals surface area contributed by atoms with Crippen LogP contribution in [0, 0.1) is 0 Å². The summed E-state index contributed by atoms with van der Waals surface area (Å²) in [6, 6.07) is 4.25. The van der Waals surface area contributed by atoms with Crippen LogP contribution in [-0.4, -0.2) is 28.6 Å². The molecule has 88 valence electrons. The van der Waals surface area contributed by atoms with E-state index < -0.39 is 6.10 Å². The highest BCUT2D eigenvalue weighted by atomic mass is 32.1. The molecule has 1 N–H and O–H groups in total. The number of β-amino-alcohol motifs (C(OH)–C–C–N with tert-alkyl or cyclic N) is 1. The number of aliphatic hydroxyl groups is 1. The number of carbonyl (C=O) groups is 1. The molecule has 0 aromatic carbocycles. The Morgan fingerprint density at radius 2 is 2.50 bits per heavy atom. The molecule has 2 unspecified atom stereocenters. The zero-order chi connectivity index (χ0) is 11.5. The third-order valence-electron chi connectivity index (χ3n) is 2.95. The van der Waals surface area contributed by atoms with Crippen molar-refractivity contribution in [2.45, 2.75) is 38.3 Å². The van der Waals surface area contributed by atoms with Crippen LogP contribution in [0.1, 0.15) is 37.1 Å². The van der Waals surface area contributed by atoms with Gasteiger partial charge in [-0.25, -0.2) is 0 Å². The van der Waals surface area contributed by atoms with E-state index in [0.717, 1.165) is 12.8 Å². The van der Waals surface area contributed by atoms with Crippen LogP contribution in [0.3, 0.4) is 0 Å². The zero-order valence-corrected chi connectivity index (χ0v) is 10.2. The molecule has 1 amide bonds. The minimum Gasteiger partial charge on any atom is -0.391 e. The maximum Gasteiger partial charge on any atom is 0.225 e. The van der Waals surface area contributed by atoms with Crippen LogP contribution < -0.4 is 0 Å². The molecule has 16 heavy (non-hydrogen) atoms. The first-order chi connectivity index (χ1) is 7.72. The Kier molecular flexibility index (Phi) is 3.61. The predicted octanol–water partition coefficient (Wildman–Crippen LogP) is 2.18. The Bertz CT molecular complexity index is 350. The number of nitrogens with zero attached hydrogens (tertiary/aromatic N) is 1. The summed E-state index contributed by atoms with van der Waals surface area (Å²) in [7, 11) is 0. The SMILES string of the molecule is CCCC(c1cccs1)N1CC(O)CC1=O.